The molecule has 2 heterocycles. The molecular weight excluding hydrogens is 465 g/mol. The third kappa shape index (κ3) is 5.44. The van der Waals surface area contributed by atoms with Gasteiger partial charge in [0.2, 0.25) is 0 Å². The molecule has 1 aliphatic heterocycles. The molecule has 1 aromatic heterocycles. The largest absolute Gasteiger partial charge is 0.522 e. The normalized spacial score (nSPS) is 13.5. The summed E-state index contributed by atoms with van der Waals surface area (Å²) in [6, 6.07) is 4.58. The van der Waals surface area contributed by atoms with Gasteiger partial charge in [0.1, 0.15) is 11.3 Å². The van der Waals surface area contributed by atoms with Crippen molar-refractivity contribution >= 4 is 17.6 Å². The summed E-state index contributed by atoms with van der Waals surface area (Å²) in [4.78, 5) is 24.0. The lowest BCUT2D eigenvalue weighted by Crippen LogP contribution is -2.52. The molecule has 180 valence electrons. The van der Waals surface area contributed by atoms with E-state index >= 15 is 0 Å². The molecule has 0 unspecified atom stereocenters. The monoisotopic (exact) mass is 488 g/mol. The van der Waals surface area contributed by atoms with Crippen molar-refractivity contribution in [2.75, 3.05) is 18.2 Å². The van der Waals surface area contributed by atoms with Gasteiger partial charge in [0, 0.05) is 24.2 Å². The molecule has 0 saturated carbocycles. The molecule has 11 heteroatoms. The van der Waals surface area contributed by atoms with Crippen LogP contribution >= 0.6 is 11.6 Å². The van der Waals surface area contributed by atoms with Gasteiger partial charge >= 0.3 is 12.3 Å². The Kier molecular flexibility index (Phi) is 6.99. The zero-order chi connectivity index (χ0) is 24.6. The molecule has 0 bridgehead atoms. The first-order valence-corrected chi connectivity index (χ1v) is 10.7. The summed E-state index contributed by atoms with van der Waals surface area (Å²) >= 11 is 6.36. The molecule has 0 aliphatic carbocycles. The quantitative estimate of drug-likeness (QED) is 0.537. The number of carboxylic acids is 1. The fourth-order valence-electron chi connectivity index (χ4n) is 3.52. The third-order valence-electron chi connectivity index (χ3n) is 5.65. The van der Waals surface area contributed by atoms with E-state index in [1.165, 1.54) is 12.3 Å². The summed E-state index contributed by atoms with van der Waals surface area (Å²) in [6.07, 6.45) is -2.63. The molecule has 1 aliphatic rings. The Bertz CT molecular complexity index is 1110. The van der Waals surface area contributed by atoms with Crippen LogP contribution in [-0.2, 0) is 11.3 Å². The van der Waals surface area contributed by atoms with Gasteiger partial charge in [-0.25, -0.2) is 4.79 Å². The van der Waals surface area contributed by atoms with Gasteiger partial charge in [-0.05, 0) is 38.0 Å². The van der Waals surface area contributed by atoms with E-state index in [1.807, 2.05) is 25.8 Å². The van der Waals surface area contributed by atoms with Crippen molar-refractivity contribution in [3.05, 3.63) is 50.8 Å². The highest BCUT2D eigenvalue weighted by Gasteiger charge is 2.33. The number of ether oxygens (including phenoxy) is 2. The summed E-state index contributed by atoms with van der Waals surface area (Å²) in [7, 11) is 0. The summed E-state index contributed by atoms with van der Waals surface area (Å²) in [5.41, 5.74) is 0.547. The fraction of sp³-hybridized carbons (Fsp3) is 0.455. The molecule has 3 rings (SSSR count). The van der Waals surface area contributed by atoms with Crippen molar-refractivity contribution in [2.24, 2.45) is 0 Å². The highest BCUT2D eigenvalue weighted by Crippen LogP contribution is 2.39. The molecule has 1 aromatic carbocycles. The first-order valence-electron chi connectivity index (χ1n) is 10.3. The van der Waals surface area contributed by atoms with Crippen LogP contribution in [0.25, 0.3) is 11.3 Å². The number of nitrogens with zero attached hydrogens (tertiary/aromatic N) is 2. The van der Waals surface area contributed by atoms with Gasteiger partial charge in [0.25, 0.3) is 0 Å². The molecule has 0 atom stereocenters. The van der Waals surface area contributed by atoms with Crippen LogP contribution in [0, 0.1) is 0 Å². The van der Waals surface area contributed by atoms with Crippen LogP contribution in [0.2, 0.25) is 5.02 Å². The van der Waals surface area contributed by atoms with E-state index in [4.69, 9.17) is 16.3 Å². The molecule has 33 heavy (non-hydrogen) atoms. The van der Waals surface area contributed by atoms with E-state index in [-0.39, 0.29) is 23.6 Å². The highest BCUT2D eigenvalue weighted by molar-refractivity contribution is 6.32. The zero-order valence-corrected chi connectivity index (χ0v) is 19.1. The number of halogens is 4. The number of carbonyl (C=O) groups is 1. The number of carboxylic acid groups (broad SMARTS) is 1. The van der Waals surface area contributed by atoms with Crippen molar-refractivity contribution in [3.63, 3.8) is 0 Å². The Balaban J connectivity index is 1.97. The van der Waals surface area contributed by atoms with E-state index in [0.29, 0.717) is 23.6 Å². The molecule has 0 spiro atoms. The first-order chi connectivity index (χ1) is 15.3. The number of aromatic nitrogens is 1. The van der Waals surface area contributed by atoms with Gasteiger partial charge in [-0.3, -0.25) is 14.2 Å². The van der Waals surface area contributed by atoms with Crippen LogP contribution < -0.4 is 15.2 Å². The van der Waals surface area contributed by atoms with Crippen LogP contribution in [0.5, 0.6) is 5.75 Å². The van der Waals surface area contributed by atoms with E-state index in [2.05, 4.69) is 4.74 Å². The molecule has 1 N–H and O–H groups in total. The van der Waals surface area contributed by atoms with Crippen LogP contribution in [-0.4, -0.2) is 40.9 Å². The van der Waals surface area contributed by atoms with Gasteiger partial charge in [0.05, 0.1) is 36.0 Å². The van der Waals surface area contributed by atoms with E-state index in [9.17, 15) is 27.9 Å². The Morgan fingerprint density at radius 2 is 1.91 bits per heavy atom. The van der Waals surface area contributed by atoms with Crippen molar-refractivity contribution in [1.82, 2.24) is 4.68 Å². The average molecular weight is 489 g/mol. The average Bonchev–Trinajstić information content (AvgIpc) is 2.72. The Labute approximate surface area is 193 Å². The number of hydrogen-bond donors (Lipinski definition) is 1. The molecule has 0 fully saturated rings. The lowest BCUT2D eigenvalue weighted by atomic mass is 9.95. The fourth-order valence-corrected chi connectivity index (χ4v) is 3.73. The second-order valence-corrected chi connectivity index (χ2v) is 8.65. The number of benzene rings is 1. The molecule has 0 radical (unpaired) electrons. The summed E-state index contributed by atoms with van der Waals surface area (Å²) < 4.78 is 47.3. The third-order valence-corrected chi connectivity index (χ3v) is 5.95. The molecule has 7 nitrogen and oxygen atoms in total. The number of rotatable bonds is 8. The van der Waals surface area contributed by atoms with Gasteiger partial charge in [-0.2, -0.15) is 0 Å². The lowest BCUT2D eigenvalue weighted by molar-refractivity contribution is -0.324. The second-order valence-electron chi connectivity index (χ2n) is 8.25. The highest BCUT2D eigenvalue weighted by atomic mass is 35.5. The van der Waals surface area contributed by atoms with Crippen LogP contribution in [0.4, 0.5) is 13.2 Å². The standard InChI is InChI=1S/C22H24ClF3N2O5/c1-4-21(2,3)28-11-13-8-19(32-6-5-7-33-22(24,25)26)16(23)9-14(13)17-10-18(29)15(20(30)31)12-27(17)28/h8-10,12H,4-7,11H2,1-3H3,(H,30,31). The smallest absolute Gasteiger partial charge is 0.492 e. The maximum atomic E-state index is 12.4. The second kappa shape index (κ2) is 9.26. The van der Waals surface area contributed by atoms with Gasteiger partial charge in [-0.1, -0.05) is 18.5 Å². The Morgan fingerprint density at radius 3 is 2.52 bits per heavy atom. The lowest BCUT2D eigenvalue weighted by Gasteiger charge is -2.45. The van der Waals surface area contributed by atoms with Crippen molar-refractivity contribution in [2.45, 2.75) is 52.1 Å². The molecular formula is C22H24ClF3N2O5. The molecule has 2 aromatic rings. The van der Waals surface area contributed by atoms with Crippen LogP contribution in [0.15, 0.2) is 29.2 Å². The number of hydrogen-bond acceptors (Lipinski definition) is 5. The SMILES string of the molecule is CCC(C)(C)N1Cc2cc(OCCCOC(F)(F)F)c(Cl)cc2-c2cc(=O)c(C(=O)O)cn21. The van der Waals surface area contributed by atoms with Crippen LogP contribution in [0.3, 0.4) is 0 Å². The summed E-state index contributed by atoms with van der Waals surface area (Å²) in [6.45, 7) is 5.79. The number of alkyl halides is 3. The number of pyridine rings is 1. The topological polar surface area (TPSA) is 81.0 Å². The van der Waals surface area contributed by atoms with Gasteiger partial charge < -0.3 is 14.9 Å². The predicted molar refractivity (Wildman–Crippen MR) is 117 cm³/mol. The number of aromatic carboxylic acids is 1. The van der Waals surface area contributed by atoms with E-state index in [1.54, 1.807) is 16.8 Å². The summed E-state index contributed by atoms with van der Waals surface area (Å²) in [5, 5.41) is 11.6. The van der Waals surface area contributed by atoms with Gasteiger partial charge in [0.15, 0.2) is 5.43 Å². The minimum absolute atomic E-state index is 0.0120. The molecule has 0 amide bonds. The van der Waals surface area contributed by atoms with Crippen molar-refractivity contribution in [3.8, 4) is 17.0 Å². The van der Waals surface area contributed by atoms with E-state index in [0.717, 1.165) is 12.0 Å². The zero-order valence-electron chi connectivity index (χ0n) is 18.3. The van der Waals surface area contributed by atoms with Crippen LogP contribution in [0.1, 0.15) is 49.5 Å². The Hall–Kier alpha value is -2.72. The number of fused-ring (bicyclic) bond motifs is 3. The Morgan fingerprint density at radius 1 is 1.21 bits per heavy atom. The van der Waals surface area contributed by atoms with Crippen molar-refractivity contribution in [1.29, 1.82) is 0 Å². The van der Waals surface area contributed by atoms with Crippen molar-refractivity contribution < 1.29 is 32.5 Å². The predicted octanol–water partition coefficient (Wildman–Crippen LogP) is 4.81. The minimum Gasteiger partial charge on any atom is -0.492 e. The minimum atomic E-state index is -4.69. The maximum absolute atomic E-state index is 12.4. The molecule has 0 saturated heterocycles. The first kappa shape index (κ1) is 24.9. The van der Waals surface area contributed by atoms with Gasteiger partial charge in [-0.15, -0.1) is 13.2 Å². The van der Waals surface area contributed by atoms with E-state index < -0.39 is 29.9 Å². The summed E-state index contributed by atoms with van der Waals surface area (Å²) in [5.74, 6) is -1.01. The maximum Gasteiger partial charge on any atom is 0.522 e.